The van der Waals surface area contributed by atoms with E-state index in [0.29, 0.717) is 23.5 Å². The van der Waals surface area contributed by atoms with Crippen LogP contribution in [0, 0.1) is 0 Å². The Bertz CT molecular complexity index is 1080. The first-order valence-electron chi connectivity index (χ1n) is 10.6. The molecule has 1 fully saturated rings. The summed E-state index contributed by atoms with van der Waals surface area (Å²) in [4.78, 5) is 27.0. The topological polar surface area (TPSA) is 86.8 Å². The van der Waals surface area contributed by atoms with Crippen molar-refractivity contribution in [2.45, 2.75) is 37.1 Å². The molecule has 2 amide bonds. The summed E-state index contributed by atoms with van der Waals surface area (Å²) in [5, 5.41) is 2.72. The van der Waals surface area contributed by atoms with Crippen molar-refractivity contribution < 1.29 is 18.0 Å². The molecule has 31 heavy (non-hydrogen) atoms. The van der Waals surface area contributed by atoms with Crippen LogP contribution >= 0.6 is 0 Å². The summed E-state index contributed by atoms with van der Waals surface area (Å²) < 4.78 is 27.6. The second-order valence-corrected chi connectivity index (χ2v) is 10.0. The Morgan fingerprint density at radius 3 is 2.32 bits per heavy atom. The number of benzene rings is 2. The van der Waals surface area contributed by atoms with Gasteiger partial charge in [0.1, 0.15) is 6.04 Å². The van der Waals surface area contributed by atoms with Crippen molar-refractivity contribution in [3.8, 4) is 0 Å². The van der Waals surface area contributed by atoms with Crippen LogP contribution in [0.15, 0.2) is 53.4 Å². The van der Waals surface area contributed by atoms with Crippen molar-refractivity contribution in [2.24, 2.45) is 0 Å². The highest BCUT2D eigenvalue weighted by Gasteiger charge is 2.32. The fourth-order valence-corrected chi connectivity index (χ4v) is 5.69. The van der Waals surface area contributed by atoms with E-state index < -0.39 is 16.1 Å². The molecule has 1 saturated heterocycles. The third-order valence-corrected chi connectivity index (χ3v) is 7.91. The molecule has 0 saturated carbocycles. The number of fused-ring (bicyclic) bond motifs is 1. The van der Waals surface area contributed by atoms with Crippen LogP contribution in [0.4, 0.5) is 0 Å². The number of hydrogen-bond donors (Lipinski definition) is 1. The third kappa shape index (κ3) is 4.50. The van der Waals surface area contributed by atoms with Gasteiger partial charge in [-0.2, -0.15) is 4.31 Å². The first-order chi connectivity index (χ1) is 14.9. The van der Waals surface area contributed by atoms with E-state index in [1.54, 1.807) is 48.2 Å². The minimum atomic E-state index is -3.58. The molecule has 1 aliphatic carbocycles. The molecule has 2 aromatic carbocycles. The minimum absolute atomic E-state index is 0.209. The van der Waals surface area contributed by atoms with Gasteiger partial charge in [-0.1, -0.05) is 24.3 Å². The molecule has 1 aliphatic heterocycles. The molecular formula is C23H27N3O4S. The summed E-state index contributed by atoms with van der Waals surface area (Å²) >= 11 is 0. The quantitative estimate of drug-likeness (QED) is 0.767. The van der Waals surface area contributed by atoms with Crippen molar-refractivity contribution in [1.29, 1.82) is 0 Å². The molecule has 8 heteroatoms. The number of aryl methyl sites for hydroxylation is 2. The van der Waals surface area contributed by atoms with E-state index in [2.05, 4.69) is 5.32 Å². The van der Waals surface area contributed by atoms with E-state index >= 15 is 0 Å². The van der Waals surface area contributed by atoms with Crippen molar-refractivity contribution >= 4 is 21.8 Å². The lowest BCUT2D eigenvalue weighted by Crippen LogP contribution is -2.55. The molecule has 2 aliphatic rings. The fourth-order valence-electron chi connectivity index (χ4n) is 4.21. The molecule has 4 rings (SSSR count). The Kier molecular flexibility index (Phi) is 6.11. The number of piperazine rings is 1. The molecule has 1 N–H and O–H groups in total. The van der Waals surface area contributed by atoms with Crippen molar-refractivity contribution in [2.75, 3.05) is 26.2 Å². The average Bonchev–Trinajstić information content (AvgIpc) is 3.27. The van der Waals surface area contributed by atoms with Gasteiger partial charge < -0.3 is 10.2 Å². The predicted octanol–water partition coefficient (Wildman–Crippen LogP) is 1.83. The molecule has 0 radical (unpaired) electrons. The lowest BCUT2D eigenvalue weighted by atomic mass is 10.1. The number of carbonyl (C=O) groups is 2. The first kappa shape index (κ1) is 21.5. The second-order valence-electron chi connectivity index (χ2n) is 8.07. The molecular weight excluding hydrogens is 414 g/mol. The maximum Gasteiger partial charge on any atom is 0.251 e. The van der Waals surface area contributed by atoms with E-state index in [-0.39, 0.29) is 24.9 Å². The van der Waals surface area contributed by atoms with Gasteiger partial charge in [-0.05, 0) is 61.6 Å². The number of nitrogens with zero attached hydrogens (tertiary/aromatic N) is 2. The Hall–Kier alpha value is -2.71. The van der Waals surface area contributed by atoms with E-state index in [4.69, 9.17) is 0 Å². The number of sulfonamides is 1. The van der Waals surface area contributed by atoms with Crippen molar-refractivity contribution in [3.63, 3.8) is 0 Å². The Labute approximate surface area is 183 Å². The molecule has 164 valence electrons. The van der Waals surface area contributed by atoms with E-state index in [1.165, 1.54) is 9.87 Å². The number of carbonyl (C=O) groups excluding carboxylic acids is 2. The van der Waals surface area contributed by atoms with Gasteiger partial charge >= 0.3 is 0 Å². The van der Waals surface area contributed by atoms with Crippen LogP contribution in [0.1, 0.15) is 34.8 Å². The van der Waals surface area contributed by atoms with Crippen molar-refractivity contribution in [3.05, 3.63) is 65.2 Å². The number of rotatable bonds is 5. The minimum Gasteiger partial charge on any atom is -0.341 e. The lowest BCUT2D eigenvalue weighted by Gasteiger charge is -2.35. The zero-order valence-electron chi connectivity index (χ0n) is 17.6. The highest BCUT2D eigenvalue weighted by molar-refractivity contribution is 7.89. The zero-order valence-corrected chi connectivity index (χ0v) is 18.4. The average molecular weight is 442 g/mol. The van der Waals surface area contributed by atoms with Gasteiger partial charge in [0.15, 0.2) is 0 Å². The maximum atomic E-state index is 13.1. The highest BCUT2D eigenvalue weighted by Crippen LogP contribution is 2.26. The standard InChI is InChI=1S/C23H27N3O4S/c1-17(24-22(27)19-6-3-2-4-7-19)23(28)25-12-14-26(15-13-25)31(29,30)21-11-10-18-8-5-9-20(18)16-21/h2-4,6-7,10-11,16-17H,5,8-9,12-15H2,1H3,(H,24,27)/t17-/m0/s1. The zero-order chi connectivity index (χ0) is 22.0. The Balaban J connectivity index is 1.35. The van der Waals surface area contributed by atoms with Crippen LogP contribution in [0.2, 0.25) is 0 Å². The molecule has 0 bridgehead atoms. The number of hydrogen-bond acceptors (Lipinski definition) is 4. The lowest BCUT2D eigenvalue weighted by molar-refractivity contribution is -0.134. The monoisotopic (exact) mass is 441 g/mol. The molecule has 0 unspecified atom stereocenters. The van der Waals surface area contributed by atoms with Gasteiger partial charge in [-0.15, -0.1) is 0 Å². The van der Waals surface area contributed by atoms with Crippen molar-refractivity contribution in [1.82, 2.24) is 14.5 Å². The predicted molar refractivity (Wildman–Crippen MR) is 117 cm³/mol. The van der Waals surface area contributed by atoms with E-state index in [9.17, 15) is 18.0 Å². The molecule has 2 aromatic rings. The fraction of sp³-hybridized carbons (Fsp3) is 0.391. The van der Waals surface area contributed by atoms with Gasteiger partial charge in [0.25, 0.3) is 5.91 Å². The SMILES string of the molecule is C[C@H](NC(=O)c1ccccc1)C(=O)N1CCN(S(=O)(=O)c2ccc3c(c2)CCC3)CC1. The Morgan fingerprint density at radius 2 is 1.61 bits per heavy atom. The summed E-state index contributed by atoms with van der Waals surface area (Å²) in [6, 6.07) is 13.5. The summed E-state index contributed by atoms with van der Waals surface area (Å²) in [5.74, 6) is -0.516. The van der Waals surface area contributed by atoms with E-state index in [0.717, 1.165) is 24.8 Å². The molecule has 7 nitrogen and oxygen atoms in total. The van der Waals surface area contributed by atoms with Gasteiger partial charge in [0.2, 0.25) is 15.9 Å². The largest absolute Gasteiger partial charge is 0.341 e. The van der Waals surface area contributed by atoms with Gasteiger partial charge in [-0.3, -0.25) is 9.59 Å². The smallest absolute Gasteiger partial charge is 0.251 e. The van der Waals surface area contributed by atoms with Crippen LogP contribution < -0.4 is 5.32 Å². The van der Waals surface area contributed by atoms with E-state index in [1.807, 2.05) is 12.1 Å². The number of amides is 2. The van der Waals surface area contributed by atoms with Gasteiger partial charge in [-0.25, -0.2) is 8.42 Å². The van der Waals surface area contributed by atoms with Gasteiger partial charge in [0.05, 0.1) is 4.90 Å². The summed E-state index contributed by atoms with van der Waals surface area (Å²) in [6.45, 7) is 2.73. The summed E-state index contributed by atoms with van der Waals surface area (Å²) in [6.07, 6.45) is 3.00. The van der Waals surface area contributed by atoms with Crippen LogP contribution in [-0.4, -0.2) is 61.7 Å². The summed E-state index contributed by atoms with van der Waals surface area (Å²) in [5.41, 5.74) is 2.85. The van der Waals surface area contributed by atoms with Crippen LogP contribution in [0.25, 0.3) is 0 Å². The maximum absolute atomic E-state index is 13.1. The Morgan fingerprint density at radius 1 is 0.935 bits per heavy atom. The van der Waals surface area contributed by atoms with Crippen LogP contribution in [0.5, 0.6) is 0 Å². The van der Waals surface area contributed by atoms with Crippen LogP contribution in [0.3, 0.4) is 0 Å². The van der Waals surface area contributed by atoms with Crippen LogP contribution in [-0.2, 0) is 27.7 Å². The molecule has 0 aromatic heterocycles. The normalized spacial score (nSPS) is 17.8. The molecule has 1 atom stereocenters. The molecule has 0 spiro atoms. The summed E-state index contributed by atoms with van der Waals surface area (Å²) in [7, 11) is -3.58. The highest BCUT2D eigenvalue weighted by atomic mass is 32.2. The van der Waals surface area contributed by atoms with Gasteiger partial charge in [0, 0.05) is 31.7 Å². The first-order valence-corrected chi connectivity index (χ1v) is 12.1. The second kappa shape index (κ2) is 8.80. The third-order valence-electron chi connectivity index (χ3n) is 6.01. The number of nitrogens with one attached hydrogen (secondary N) is 1. The molecule has 1 heterocycles.